The maximum atomic E-state index is 11.6. The van der Waals surface area contributed by atoms with Gasteiger partial charge in [-0.3, -0.25) is 4.98 Å². The van der Waals surface area contributed by atoms with Crippen LogP contribution in [-0.2, 0) is 24.1 Å². The number of hydrogen-bond acceptors (Lipinski definition) is 3. The van der Waals surface area contributed by atoms with E-state index in [1.165, 1.54) is 81.8 Å². The maximum Gasteiger partial charge on any atom is 0.407 e. The molecule has 0 atom stereocenters. The highest BCUT2D eigenvalue weighted by atomic mass is 16.6. The highest BCUT2D eigenvalue weighted by molar-refractivity contribution is 5.67. The standard InChI is InChI=1S/C36H55N3O2/c1-36(2,3)41-35(40)38-28-19-15-11-7-5-4-6-9-14-18-24-34-26-22-30-39(32-34)29-20-16-12-8-10-13-17-23-33-25-21-27-37-31-33/h11-12,15-16,21-22,25-27,30-32H,4-10,13-14,17-20,23-24,28-29H2,1-3H3/p+1/b15-11+,16-12+. The van der Waals surface area contributed by atoms with Gasteiger partial charge in [0.15, 0.2) is 18.9 Å². The van der Waals surface area contributed by atoms with Crippen LogP contribution in [0.2, 0.25) is 0 Å². The summed E-state index contributed by atoms with van der Waals surface area (Å²) in [5, 5.41) is 2.79. The van der Waals surface area contributed by atoms with Gasteiger partial charge in [-0.1, -0.05) is 62.5 Å². The number of ether oxygens (including phenoxy) is 1. The summed E-state index contributed by atoms with van der Waals surface area (Å²) >= 11 is 0. The molecule has 0 spiro atoms. The van der Waals surface area contributed by atoms with E-state index in [2.05, 4.69) is 69.8 Å². The number of rotatable bonds is 21. The topological polar surface area (TPSA) is 55.1 Å². The number of carbonyl (C=O) groups is 1. The van der Waals surface area contributed by atoms with Crippen molar-refractivity contribution in [3.8, 4) is 0 Å². The lowest BCUT2D eigenvalue weighted by molar-refractivity contribution is -0.696. The molecule has 41 heavy (non-hydrogen) atoms. The fraction of sp³-hybridized carbons (Fsp3) is 0.583. The Kier molecular flexibility index (Phi) is 18.2. The lowest BCUT2D eigenvalue weighted by atomic mass is 10.1. The van der Waals surface area contributed by atoms with Gasteiger partial charge in [0.05, 0.1) is 0 Å². The van der Waals surface area contributed by atoms with E-state index in [4.69, 9.17) is 4.74 Å². The minimum absolute atomic E-state index is 0.337. The second-order valence-corrected chi connectivity index (χ2v) is 12.0. The van der Waals surface area contributed by atoms with Crippen LogP contribution >= 0.6 is 0 Å². The Bertz CT molecular complexity index is 995. The van der Waals surface area contributed by atoms with E-state index in [1.54, 1.807) is 0 Å². The SMILES string of the molecule is CC(C)(C)OC(=O)NCC/C=C/CCCCCCCCc1ccc[n+](CC/C=C/CCCCCc2cccnc2)c1. The van der Waals surface area contributed by atoms with Gasteiger partial charge in [-0.25, -0.2) is 9.36 Å². The lowest BCUT2D eigenvalue weighted by Gasteiger charge is -2.19. The number of hydrogen-bond donors (Lipinski definition) is 1. The normalized spacial score (nSPS) is 11.9. The molecule has 0 aliphatic heterocycles. The van der Waals surface area contributed by atoms with Gasteiger partial charge in [0.2, 0.25) is 0 Å². The third-order valence-electron chi connectivity index (χ3n) is 6.93. The largest absolute Gasteiger partial charge is 0.444 e. The summed E-state index contributed by atoms with van der Waals surface area (Å²) in [6, 6.07) is 8.66. The molecule has 2 heterocycles. The van der Waals surface area contributed by atoms with Crippen LogP contribution in [0, 0.1) is 0 Å². The number of pyridine rings is 2. The number of nitrogens with zero attached hydrogens (tertiary/aromatic N) is 2. The Labute approximate surface area is 250 Å². The number of carbonyl (C=O) groups excluding carboxylic acids is 1. The van der Waals surface area contributed by atoms with Crippen LogP contribution in [0.3, 0.4) is 0 Å². The highest BCUT2D eigenvalue weighted by Crippen LogP contribution is 2.11. The van der Waals surface area contributed by atoms with Crippen molar-refractivity contribution in [2.75, 3.05) is 6.54 Å². The van der Waals surface area contributed by atoms with E-state index in [9.17, 15) is 4.79 Å². The van der Waals surface area contributed by atoms with Gasteiger partial charge in [-0.15, -0.1) is 0 Å². The summed E-state index contributed by atoms with van der Waals surface area (Å²) in [7, 11) is 0. The molecule has 5 nitrogen and oxygen atoms in total. The Morgan fingerprint density at radius 1 is 0.805 bits per heavy atom. The molecular weight excluding hydrogens is 506 g/mol. The smallest absolute Gasteiger partial charge is 0.407 e. The first-order valence-electron chi connectivity index (χ1n) is 16.1. The molecule has 0 saturated carbocycles. The van der Waals surface area contributed by atoms with E-state index < -0.39 is 5.60 Å². The van der Waals surface area contributed by atoms with Gasteiger partial charge in [-0.2, -0.15) is 0 Å². The van der Waals surface area contributed by atoms with E-state index in [-0.39, 0.29) is 6.09 Å². The van der Waals surface area contributed by atoms with Crippen LogP contribution in [0.1, 0.15) is 115 Å². The lowest BCUT2D eigenvalue weighted by Crippen LogP contribution is -2.32. The molecule has 0 aliphatic carbocycles. The quantitative estimate of drug-likeness (QED) is 0.0939. The molecule has 1 amide bonds. The summed E-state index contributed by atoms with van der Waals surface area (Å²) in [4.78, 5) is 15.8. The van der Waals surface area contributed by atoms with Gasteiger partial charge >= 0.3 is 6.09 Å². The zero-order chi connectivity index (χ0) is 29.4. The summed E-state index contributed by atoms with van der Waals surface area (Å²) in [5.74, 6) is 0. The summed E-state index contributed by atoms with van der Waals surface area (Å²) in [5.41, 5.74) is 2.36. The van der Waals surface area contributed by atoms with Crippen molar-refractivity contribution >= 4 is 6.09 Å². The minimum Gasteiger partial charge on any atom is -0.444 e. The average molecular weight is 563 g/mol. The van der Waals surface area contributed by atoms with Gasteiger partial charge in [-0.05, 0) is 96.3 Å². The molecule has 226 valence electrons. The Morgan fingerprint density at radius 2 is 1.41 bits per heavy atom. The zero-order valence-electron chi connectivity index (χ0n) is 26.2. The first-order chi connectivity index (χ1) is 19.9. The summed E-state index contributed by atoms with van der Waals surface area (Å²) in [6.07, 6.45) is 35.3. The van der Waals surface area contributed by atoms with Gasteiger partial charge in [0, 0.05) is 37.0 Å². The van der Waals surface area contributed by atoms with Crippen LogP contribution in [0.4, 0.5) is 4.79 Å². The fourth-order valence-corrected chi connectivity index (χ4v) is 4.74. The zero-order valence-corrected chi connectivity index (χ0v) is 26.2. The average Bonchev–Trinajstić information content (AvgIpc) is 2.94. The summed E-state index contributed by atoms with van der Waals surface area (Å²) < 4.78 is 7.57. The fourth-order valence-electron chi connectivity index (χ4n) is 4.74. The number of unbranched alkanes of at least 4 members (excludes halogenated alkanes) is 9. The van der Waals surface area contributed by atoms with E-state index in [0.29, 0.717) is 6.54 Å². The van der Waals surface area contributed by atoms with Crippen molar-refractivity contribution in [2.45, 2.75) is 129 Å². The number of aryl methyl sites for hydroxylation is 3. The summed E-state index contributed by atoms with van der Waals surface area (Å²) in [6.45, 7) is 7.31. The van der Waals surface area contributed by atoms with Gasteiger partial charge in [0.1, 0.15) is 5.60 Å². The second-order valence-electron chi connectivity index (χ2n) is 12.0. The third kappa shape index (κ3) is 19.7. The van der Waals surface area contributed by atoms with E-state index >= 15 is 0 Å². The van der Waals surface area contributed by atoms with Crippen LogP contribution in [0.5, 0.6) is 0 Å². The molecule has 0 unspecified atom stereocenters. The molecule has 5 heteroatoms. The monoisotopic (exact) mass is 562 g/mol. The van der Waals surface area contributed by atoms with Crippen molar-refractivity contribution in [1.29, 1.82) is 0 Å². The van der Waals surface area contributed by atoms with Crippen molar-refractivity contribution in [1.82, 2.24) is 10.3 Å². The Morgan fingerprint density at radius 3 is 2.12 bits per heavy atom. The van der Waals surface area contributed by atoms with Crippen LogP contribution in [0.25, 0.3) is 0 Å². The van der Waals surface area contributed by atoms with Crippen LogP contribution in [-0.4, -0.2) is 23.2 Å². The van der Waals surface area contributed by atoms with Crippen molar-refractivity contribution in [2.24, 2.45) is 0 Å². The predicted molar refractivity (Wildman–Crippen MR) is 171 cm³/mol. The minimum atomic E-state index is -0.441. The predicted octanol–water partition coefficient (Wildman–Crippen LogP) is 8.86. The molecule has 1 N–H and O–H groups in total. The second kappa shape index (κ2) is 21.8. The Balaban J connectivity index is 1.40. The van der Waals surface area contributed by atoms with Crippen molar-refractivity contribution < 1.29 is 14.1 Å². The van der Waals surface area contributed by atoms with Crippen LogP contribution < -0.4 is 9.88 Å². The van der Waals surface area contributed by atoms with E-state index in [0.717, 1.165) is 32.2 Å². The Hall–Kier alpha value is -2.95. The van der Waals surface area contributed by atoms with Gasteiger partial charge < -0.3 is 10.1 Å². The molecule has 0 fully saturated rings. The van der Waals surface area contributed by atoms with Crippen LogP contribution in [0.15, 0.2) is 73.4 Å². The molecule has 2 aromatic heterocycles. The number of allylic oxidation sites excluding steroid dienone is 3. The molecule has 0 radical (unpaired) electrons. The first-order valence-corrected chi connectivity index (χ1v) is 16.1. The molecule has 0 aliphatic rings. The molecular formula is C36H56N3O2+. The van der Waals surface area contributed by atoms with Gasteiger partial charge in [0.25, 0.3) is 0 Å². The molecule has 0 aromatic carbocycles. The number of nitrogens with one attached hydrogen (secondary N) is 1. The van der Waals surface area contributed by atoms with Crippen molar-refractivity contribution in [3.05, 3.63) is 84.5 Å². The van der Waals surface area contributed by atoms with Crippen molar-refractivity contribution in [3.63, 3.8) is 0 Å². The highest BCUT2D eigenvalue weighted by Gasteiger charge is 2.15. The molecule has 0 bridgehead atoms. The number of alkyl carbamates (subject to hydrolysis) is 1. The molecule has 2 aromatic rings. The first kappa shape index (κ1) is 34.3. The molecule has 2 rings (SSSR count). The third-order valence-corrected chi connectivity index (χ3v) is 6.93. The number of amides is 1. The van der Waals surface area contributed by atoms with E-state index in [1.807, 2.05) is 39.2 Å². The molecule has 0 saturated heterocycles. The number of aromatic nitrogens is 2. The maximum absolute atomic E-state index is 11.6.